The molecule has 0 saturated heterocycles. The molecular formula is C27H18O3. The molecule has 0 N–H and O–H groups in total. The van der Waals surface area contributed by atoms with Gasteiger partial charge in [-0.05, 0) is 0 Å². The fourth-order valence-electron chi connectivity index (χ4n) is 3.31. The first-order chi connectivity index (χ1) is 14.6. The number of hydrogen-bond acceptors (Lipinski definition) is 3. The highest BCUT2D eigenvalue weighted by molar-refractivity contribution is 6.19. The molecule has 0 aliphatic carbocycles. The van der Waals surface area contributed by atoms with E-state index in [1.165, 1.54) is 0 Å². The van der Waals surface area contributed by atoms with Crippen molar-refractivity contribution in [2.45, 2.75) is 0 Å². The van der Waals surface area contributed by atoms with E-state index in [0.29, 0.717) is 33.4 Å². The van der Waals surface area contributed by atoms with Crippen molar-refractivity contribution in [2.24, 2.45) is 0 Å². The van der Waals surface area contributed by atoms with Gasteiger partial charge in [-0.2, -0.15) is 0 Å². The summed E-state index contributed by atoms with van der Waals surface area (Å²) in [7, 11) is 0. The van der Waals surface area contributed by atoms with Crippen LogP contribution in [0.5, 0.6) is 0 Å². The molecule has 0 saturated carbocycles. The van der Waals surface area contributed by atoms with Gasteiger partial charge in [0, 0.05) is 33.4 Å². The van der Waals surface area contributed by atoms with Crippen molar-refractivity contribution >= 4 is 17.3 Å². The van der Waals surface area contributed by atoms with Gasteiger partial charge in [0.15, 0.2) is 17.3 Å². The summed E-state index contributed by atoms with van der Waals surface area (Å²) in [5, 5.41) is 0. The van der Waals surface area contributed by atoms with Crippen LogP contribution in [0.4, 0.5) is 0 Å². The number of benzene rings is 4. The number of ketones is 3. The average Bonchev–Trinajstić information content (AvgIpc) is 2.84. The van der Waals surface area contributed by atoms with Gasteiger partial charge in [0.1, 0.15) is 0 Å². The Morgan fingerprint density at radius 1 is 0.333 bits per heavy atom. The third-order valence-corrected chi connectivity index (χ3v) is 4.90. The zero-order valence-corrected chi connectivity index (χ0v) is 16.1. The fraction of sp³-hybridized carbons (Fsp3) is 0. The maximum atomic E-state index is 13.1. The fourth-order valence-corrected chi connectivity index (χ4v) is 3.31. The molecule has 0 amide bonds. The molecular weight excluding hydrogens is 372 g/mol. The smallest absolute Gasteiger partial charge is 0.193 e. The van der Waals surface area contributed by atoms with Crippen LogP contribution < -0.4 is 0 Å². The van der Waals surface area contributed by atoms with Gasteiger partial charge in [-0.3, -0.25) is 14.4 Å². The van der Waals surface area contributed by atoms with E-state index in [2.05, 4.69) is 0 Å². The lowest BCUT2D eigenvalue weighted by atomic mass is 9.92. The molecule has 4 rings (SSSR count). The van der Waals surface area contributed by atoms with Crippen LogP contribution in [-0.4, -0.2) is 17.3 Å². The molecule has 3 heteroatoms. The van der Waals surface area contributed by atoms with Crippen molar-refractivity contribution in [1.29, 1.82) is 0 Å². The molecule has 144 valence electrons. The maximum absolute atomic E-state index is 13.1. The predicted octanol–water partition coefficient (Wildman–Crippen LogP) is 5.38. The van der Waals surface area contributed by atoms with Gasteiger partial charge < -0.3 is 0 Å². The Morgan fingerprint density at radius 2 is 0.633 bits per heavy atom. The molecule has 4 aromatic rings. The summed E-state index contributed by atoms with van der Waals surface area (Å²) in [5.74, 6) is -0.557. The van der Waals surface area contributed by atoms with E-state index in [0.717, 1.165) is 0 Å². The van der Waals surface area contributed by atoms with Gasteiger partial charge in [-0.25, -0.2) is 0 Å². The van der Waals surface area contributed by atoms with Crippen molar-refractivity contribution in [2.75, 3.05) is 0 Å². The van der Waals surface area contributed by atoms with Crippen LogP contribution in [0.25, 0.3) is 0 Å². The van der Waals surface area contributed by atoms with Crippen LogP contribution in [0, 0.1) is 0 Å². The van der Waals surface area contributed by atoms with Gasteiger partial charge in [0.25, 0.3) is 0 Å². The topological polar surface area (TPSA) is 51.2 Å². The van der Waals surface area contributed by atoms with Gasteiger partial charge in [-0.15, -0.1) is 0 Å². The minimum Gasteiger partial charge on any atom is -0.289 e. The summed E-state index contributed by atoms with van der Waals surface area (Å²) in [6.45, 7) is 0. The lowest BCUT2D eigenvalue weighted by Gasteiger charge is -2.09. The van der Waals surface area contributed by atoms with Crippen LogP contribution in [0.1, 0.15) is 47.8 Å². The highest BCUT2D eigenvalue weighted by Crippen LogP contribution is 2.19. The molecule has 0 aliphatic rings. The Bertz CT molecular complexity index is 1210. The minimum absolute atomic E-state index is 0.103. The summed E-state index contributed by atoms with van der Waals surface area (Å²) in [4.78, 5) is 38.6. The van der Waals surface area contributed by atoms with E-state index in [9.17, 15) is 14.4 Å². The molecule has 0 aromatic heterocycles. The molecule has 0 aliphatic heterocycles. The van der Waals surface area contributed by atoms with Crippen molar-refractivity contribution < 1.29 is 14.4 Å². The second kappa shape index (κ2) is 8.50. The molecule has 0 spiro atoms. The first-order valence-electron chi connectivity index (χ1n) is 9.58. The van der Waals surface area contributed by atoms with E-state index < -0.39 is 0 Å². The molecule has 0 radical (unpaired) electrons. The zero-order chi connectivity index (χ0) is 20.9. The van der Waals surface area contributed by atoms with Crippen molar-refractivity contribution in [3.05, 3.63) is 143 Å². The molecule has 4 aromatic carbocycles. The SMILES string of the molecule is O=C(c1ccccc1)c1ccc(C(=O)c2ccccc2C(=O)c2ccccc2)cc1. The predicted molar refractivity (Wildman–Crippen MR) is 116 cm³/mol. The second-order valence-electron chi connectivity index (χ2n) is 6.84. The van der Waals surface area contributed by atoms with E-state index in [-0.39, 0.29) is 17.3 Å². The Morgan fingerprint density at radius 3 is 1.07 bits per heavy atom. The first kappa shape index (κ1) is 19.2. The van der Waals surface area contributed by atoms with Crippen LogP contribution >= 0.6 is 0 Å². The maximum Gasteiger partial charge on any atom is 0.193 e. The Balaban J connectivity index is 1.63. The molecule has 0 heterocycles. The monoisotopic (exact) mass is 390 g/mol. The van der Waals surface area contributed by atoms with E-state index >= 15 is 0 Å². The number of rotatable bonds is 6. The van der Waals surface area contributed by atoms with Crippen molar-refractivity contribution in [3.8, 4) is 0 Å². The molecule has 0 atom stereocenters. The lowest BCUT2D eigenvalue weighted by Crippen LogP contribution is -2.11. The third-order valence-electron chi connectivity index (χ3n) is 4.90. The van der Waals surface area contributed by atoms with Gasteiger partial charge >= 0.3 is 0 Å². The molecule has 30 heavy (non-hydrogen) atoms. The minimum atomic E-state index is -0.256. The number of carbonyl (C=O) groups excluding carboxylic acids is 3. The Labute approximate surface area is 174 Å². The quantitative estimate of drug-likeness (QED) is 0.415. The number of carbonyl (C=O) groups is 3. The standard InChI is InChI=1S/C27H18O3/c28-25(19-9-3-1-4-10-19)21-15-17-22(18-16-21)27(30)24-14-8-7-13-23(24)26(29)20-11-5-2-6-12-20/h1-18H. The van der Waals surface area contributed by atoms with E-state index in [4.69, 9.17) is 0 Å². The lowest BCUT2D eigenvalue weighted by molar-refractivity contribution is 0.100. The van der Waals surface area contributed by atoms with E-state index in [1.54, 1.807) is 84.9 Å². The highest BCUT2D eigenvalue weighted by atomic mass is 16.1. The third kappa shape index (κ3) is 3.87. The van der Waals surface area contributed by atoms with Crippen LogP contribution in [-0.2, 0) is 0 Å². The summed E-state index contributed by atoms with van der Waals surface area (Å²) in [5.41, 5.74) is 2.75. The second-order valence-corrected chi connectivity index (χ2v) is 6.84. The van der Waals surface area contributed by atoms with Gasteiger partial charge in [-0.1, -0.05) is 109 Å². The van der Waals surface area contributed by atoms with Crippen molar-refractivity contribution in [3.63, 3.8) is 0 Å². The number of hydrogen-bond donors (Lipinski definition) is 0. The molecule has 0 bridgehead atoms. The summed E-state index contributed by atoms with van der Waals surface area (Å²) >= 11 is 0. The van der Waals surface area contributed by atoms with E-state index in [1.807, 2.05) is 24.3 Å². The zero-order valence-electron chi connectivity index (χ0n) is 16.1. The Kier molecular flexibility index (Phi) is 5.44. The molecule has 0 fully saturated rings. The molecule has 3 nitrogen and oxygen atoms in total. The first-order valence-corrected chi connectivity index (χ1v) is 9.58. The van der Waals surface area contributed by atoms with Gasteiger partial charge in [0.05, 0.1) is 0 Å². The normalized spacial score (nSPS) is 10.4. The van der Waals surface area contributed by atoms with Crippen LogP contribution in [0.2, 0.25) is 0 Å². The van der Waals surface area contributed by atoms with Crippen molar-refractivity contribution in [1.82, 2.24) is 0 Å². The average molecular weight is 390 g/mol. The summed E-state index contributed by atoms with van der Waals surface area (Å²) < 4.78 is 0. The largest absolute Gasteiger partial charge is 0.289 e. The summed E-state index contributed by atoms with van der Waals surface area (Å²) in [6.07, 6.45) is 0. The Hall–Kier alpha value is -4.11. The van der Waals surface area contributed by atoms with Crippen LogP contribution in [0.3, 0.4) is 0 Å². The van der Waals surface area contributed by atoms with Gasteiger partial charge in [0.2, 0.25) is 0 Å². The highest BCUT2D eigenvalue weighted by Gasteiger charge is 2.19. The summed E-state index contributed by atoms with van der Waals surface area (Å²) in [6, 6.07) is 31.2. The van der Waals surface area contributed by atoms with Crippen LogP contribution in [0.15, 0.2) is 109 Å². The molecule has 0 unspecified atom stereocenters.